The molecule has 1 aromatic rings. The highest BCUT2D eigenvalue weighted by molar-refractivity contribution is 7.13. The third-order valence-corrected chi connectivity index (χ3v) is 4.08. The van der Waals surface area contributed by atoms with Crippen LogP contribution in [0.3, 0.4) is 0 Å². The van der Waals surface area contributed by atoms with Gasteiger partial charge in [-0.1, -0.05) is 27.7 Å². The molecule has 1 saturated carbocycles. The molecule has 0 spiro atoms. The van der Waals surface area contributed by atoms with Crippen LogP contribution in [0.1, 0.15) is 46.2 Å². The Bertz CT molecular complexity index is 372. The van der Waals surface area contributed by atoms with Crippen LogP contribution in [0.4, 0.5) is 5.13 Å². The smallest absolute Gasteiger partial charge is 0.185 e. The van der Waals surface area contributed by atoms with Crippen molar-refractivity contribution >= 4 is 16.5 Å². The topological polar surface area (TPSA) is 28.2 Å². The van der Waals surface area contributed by atoms with Crippen LogP contribution >= 0.6 is 11.3 Å². The number of nitrogens with one attached hydrogen (secondary N) is 1. The average molecular weight is 281 g/mol. The van der Waals surface area contributed by atoms with Crippen molar-refractivity contribution in [1.29, 1.82) is 0 Å². The zero-order valence-electron chi connectivity index (χ0n) is 12.6. The number of hydrogen-bond acceptors (Lipinski definition) is 4. The Balaban J connectivity index is 1.94. The summed E-state index contributed by atoms with van der Waals surface area (Å²) in [5, 5.41) is 6.93. The number of anilines is 1. The maximum absolute atomic E-state index is 4.80. The first-order valence-corrected chi connectivity index (χ1v) is 8.35. The van der Waals surface area contributed by atoms with Gasteiger partial charge in [-0.15, -0.1) is 11.3 Å². The van der Waals surface area contributed by atoms with Crippen molar-refractivity contribution in [1.82, 2.24) is 10.3 Å². The van der Waals surface area contributed by atoms with Gasteiger partial charge in [0.25, 0.3) is 0 Å². The quantitative estimate of drug-likeness (QED) is 0.790. The summed E-state index contributed by atoms with van der Waals surface area (Å²) in [7, 11) is 0. The van der Waals surface area contributed by atoms with Gasteiger partial charge in [0.15, 0.2) is 5.13 Å². The Morgan fingerprint density at radius 1 is 1.26 bits per heavy atom. The van der Waals surface area contributed by atoms with Gasteiger partial charge in [0, 0.05) is 31.1 Å². The summed E-state index contributed by atoms with van der Waals surface area (Å²) in [5.74, 6) is 1.35. The van der Waals surface area contributed by atoms with Crippen LogP contribution in [-0.2, 0) is 6.54 Å². The second-order valence-corrected chi connectivity index (χ2v) is 7.31. The minimum atomic E-state index is 0.677. The third kappa shape index (κ3) is 5.11. The van der Waals surface area contributed by atoms with Crippen LogP contribution < -0.4 is 10.2 Å². The number of hydrogen-bond donors (Lipinski definition) is 1. The molecule has 1 N–H and O–H groups in total. The molecule has 1 aromatic heterocycles. The normalized spacial score (nSPS) is 15.5. The van der Waals surface area contributed by atoms with Gasteiger partial charge in [-0.3, -0.25) is 0 Å². The minimum Gasteiger partial charge on any atom is -0.348 e. The van der Waals surface area contributed by atoms with Gasteiger partial charge < -0.3 is 10.2 Å². The molecule has 1 aliphatic carbocycles. The Morgan fingerprint density at radius 2 is 1.89 bits per heavy atom. The monoisotopic (exact) mass is 281 g/mol. The van der Waals surface area contributed by atoms with Crippen molar-refractivity contribution in [3.63, 3.8) is 0 Å². The van der Waals surface area contributed by atoms with Gasteiger partial charge in [-0.05, 0) is 24.7 Å². The molecule has 0 saturated heterocycles. The van der Waals surface area contributed by atoms with Crippen LogP contribution in [0, 0.1) is 11.8 Å². The van der Waals surface area contributed by atoms with Gasteiger partial charge in [-0.25, -0.2) is 4.98 Å². The Morgan fingerprint density at radius 3 is 2.42 bits per heavy atom. The number of nitrogens with zero attached hydrogens (tertiary/aromatic N) is 2. The molecule has 1 aliphatic rings. The molecule has 0 bridgehead atoms. The second kappa shape index (κ2) is 6.71. The summed E-state index contributed by atoms with van der Waals surface area (Å²) in [6, 6.07) is 0.757. The largest absolute Gasteiger partial charge is 0.348 e. The van der Waals surface area contributed by atoms with E-state index >= 15 is 0 Å². The minimum absolute atomic E-state index is 0.677. The molecule has 19 heavy (non-hydrogen) atoms. The molecule has 1 heterocycles. The van der Waals surface area contributed by atoms with Crippen molar-refractivity contribution in [2.24, 2.45) is 11.8 Å². The van der Waals surface area contributed by atoms with E-state index in [9.17, 15) is 0 Å². The van der Waals surface area contributed by atoms with Gasteiger partial charge in [0.2, 0.25) is 0 Å². The summed E-state index contributed by atoms with van der Waals surface area (Å²) in [6.07, 6.45) is 2.67. The first-order valence-electron chi connectivity index (χ1n) is 7.47. The molecule has 4 heteroatoms. The maximum Gasteiger partial charge on any atom is 0.185 e. The Hall–Kier alpha value is -0.610. The Kier molecular flexibility index (Phi) is 5.22. The highest BCUT2D eigenvalue weighted by Gasteiger charge is 2.21. The summed E-state index contributed by atoms with van der Waals surface area (Å²) in [4.78, 5) is 7.24. The van der Waals surface area contributed by atoms with Crippen molar-refractivity contribution < 1.29 is 0 Å². The molecule has 0 radical (unpaired) electrons. The lowest BCUT2D eigenvalue weighted by molar-refractivity contribution is 0.551. The standard InChI is InChI=1S/C15H27N3S/c1-11(2)8-18(9-12(3)4)15-17-14(10-19-15)7-16-13-5-6-13/h10-13,16H,5-9H2,1-4H3. The fraction of sp³-hybridized carbons (Fsp3) is 0.800. The summed E-state index contributed by atoms with van der Waals surface area (Å²) in [6.45, 7) is 12.2. The van der Waals surface area contributed by atoms with Gasteiger partial charge >= 0.3 is 0 Å². The molecule has 0 amide bonds. The number of rotatable bonds is 8. The maximum atomic E-state index is 4.80. The van der Waals surface area contributed by atoms with Gasteiger partial charge in [0.05, 0.1) is 5.69 Å². The fourth-order valence-electron chi connectivity index (χ4n) is 2.17. The SMILES string of the molecule is CC(C)CN(CC(C)C)c1nc(CNC2CC2)cs1. The molecular weight excluding hydrogens is 254 g/mol. The van der Waals surface area contributed by atoms with Crippen molar-refractivity contribution in [2.75, 3.05) is 18.0 Å². The Labute approximate surface area is 121 Å². The molecule has 0 atom stereocenters. The first-order chi connectivity index (χ1) is 9.04. The molecule has 3 nitrogen and oxygen atoms in total. The van der Waals surface area contributed by atoms with E-state index in [4.69, 9.17) is 4.98 Å². The van der Waals surface area contributed by atoms with Crippen molar-refractivity contribution in [2.45, 2.75) is 53.1 Å². The fourth-order valence-corrected chi connectivity index (χ4v) is 3.02. The molecule has 0 aromatic carbocycles. The average Bonchev–Trinajstić information content (AvgIpc) is 3.02. The van der Waals surface area contributed by atoms with E-state index in [1.54, 1.807) is 11.3 Å². The number of aromatic nitrogens is 1. The van der Waals surface area contributed by atoms with Crippen molar-refractivity contribution in [3.05, 3.63) is 11.1 Å². The van der Waals surface area contributed by atoms with E-state index in [2.05, 4.69) is 43.3 Å². The lowest BCUT2D eigenvalue weighted by atomic mass is 10.1. The first kappa shape index (κ1) is 14.8. The second-order valence-electron chi connectivity index (χ2n) is 6.47. The van der Waals surface area contributed by atoms with E-state index in [1.165, 1.54) is 23.7 Å². The lowest BCUT2D eigenvalue weighted by Gasteiger charge is -2.25. The van der Waals surface area contributed by atoms with Crippen LogP contribution in [0.5, 0.6) is 0 Å². The number of thiazole rings is 1. The van der Waals surface area contributed by atoms with Crippen LogP contribution in [0.2, 0.25) is 0 Å². The van der Waals surface area contributed by atoms with Crippen LogP contribution in [0.15, 0.2) is 5.38 Å². The molecule has 1 fully saturated rings. The van der Waals surface area contributed by atoms with E-state index in [0.717, 1.165) is 25.7 Å². The summed E-state index contributed by atoms with van der Waals surface area (Å²) >= 11 is 1.79. The van der Waals surface area contributed by atoms with Crippen LogP contribution in [-0.4, -0.2) is 24.1 Å². The van der Waals surface area contributed by atoms with Gasteiger partial charge in [-0.2, -0.15) is 0 Å². The van der Waals surface area contributed by atoms with E-state index < -0.39 is 0 Å². The highest BCUT2D eigenvalue weighted by atomic mass is 32.1. The molecule has 0 aliphatic heterocycles. The molecule has 108 valence electrons. The zero-order chi connectivity index (χ0) is 13.8. The predicted octanol–water partition coefficient (Wildman–Crippen LogP) is 3.51. The van der Waals surface area contributed by atoms with Gasteiger partial charge in [0.1, 0.15) is 0 Å². The van der Waals surface area contributed by atoms with E-state index in [0.29, 0.717) is 11.8 Å². The van der Waals surface area contributed by atoms with Crippen LogP contribution in [0.25, 0.3) is 0 Å². The van der Waals surface area contributed by atoms with Crippen molar-refractivity contribution in [3.8, 4) is 0 Å². The molecular formula is C15H27N3S. The molecule has 2 rings (SSSR count). The summed E-state index contributed by atoms with van der Waals surface area (Å²) in [5.41, 5.74) is 1.20. The van der Waals surface area contributed by atoms with E-state index in [1.807, 2.05) is 0 Å². The predicted molar refractivity (Wildman–Crippen MR) is 83.9 cm³/mol. The molecule has 0 unspecified atom stereocenters. The summed E-state index contributed by atoms with van der Waals surface area (Å²) < 4.78 is 0. The zero-order valence-corrected chi connectivity index (χ0v) is 13.5. The van der Waals surface area contributed by atoms with E-state index in [-0.39, 0.29) is 0 Å². The highest BCUT2D eigenvalue weighted by Crippen LogP contribution is 2.24. The third-order valence-electron chi connectivity index (χ3n) is 3.13. The lowest BCUT2D eigenvalue weighted by Crippen LogP contribution is -2.31.